The first-order chi connectivity index (χ1) is 15.7. The van der Waals surface area contributed by atoms with Crippen LogP contribution in [0.4, 0.5) is 10.2 Å². The summed E-state index contributed by atoms with van der Waals surface area (Å²) in [6.45, 7) is 2.10. The van der Waals surface area contributed by atoms with Gasteiger partial charge in [-0.1, -0.05) is 48.5 Å². The van der Waals surface area contributed by atoms with Crippen LogP contribution in [0.5, 0.6) is 0 Å². The van der Waals surface area contributed by atoms with Crippen molar-refractivity contribution in [3.8, 4) is 22.5 Å². The third-order valence-corrected chi connectivity index (χ3v) is 5.43. The van der Waals surface area contributed by atoms with E-state index in [4.69, 9.17) is 9.97 Å². The Kier molecular flexibility index (Phi) is 5.30. The van der Waals surface area contributed by atoms with Gasteiger partial charge in [-0.2, -0.15) is 0 Å². The highest BCUT2D eigenvalue weighted by Gasteiger charge is 2.14. The molecule has 1 atom stereocenters. The van der Waals surface area contributed by atoms with Gasteiger partial charge in [0, 0.05) is 29.4 Å². The van der Waals surface area contributed by atoms with E-state index >= 15 is 0 Å². The summed E-state index contributed by atoms with van der Waals surface area (Å²) >= 11 is 0. The Morgan fingerprint density at radius 2 is 1.59 bits per heavy atom. The van der Waals surface area contributed by atoms with Crippen molar-refractivity contribution in [3.63, 3.8) is 0 Å². The normalized spacial score (nSPS) is 11.9. The van der Waals surface area contributed by atoms with E-state index in [-0.39, 0.29) is 11.9 Å². The topological polar surface area (TPSA) is 50.7 Å². The maximum atomic E-state index is 13.8. The Bertz CT molecular complexity index is 1370. The number of rotatable bonds is 5. The van der Waals surface area contributed by atoms with Crippen molar-refractivity contribution < 1.29 is 4.39 Å². The van der Waals surface area contributed by atoms with Crippen LogP contribution in [-0.2, 0) is 0 Å². The molecule has 2 aromatic heterocycles. The minimum atomic E-state index is -0.262. The highest BCUT2D eigenvalue weighted by atomic mass is 19.1. The number of nitrogens with zero attached hydrogens (tertiary/aromatic N) is 3. The summed E-state index contributed by atoms with van der Waals surface area (Å²) in [5.74, 6) is 1.07. The molecule has 0 saturated carbocycles. The maximum Gasteiger partial charge on any atom is 0.163 e. The summed E-state index contributed by atoms with van der Waals surface area (Å²) in [7, 11) is 0. The molecule has 2 heterocycles. The van der Waals surface area contributed by atoms with E-state index in [9.17, 15) is 4.39 Å². The number of hydrogen-bond acceptors (Lipinski definition) is 4. The lowest BCUT2D eigenvalue weighted by molar-refractivity contribution is 0.628. The fourth-order valence-corrected chi connectivity index (χ4v) is 3.74. The van der Waals surface area contributed by atoms with Gasteiger partial charge in [0.15, 0.2) is 5.82 Å². The zero-order chi connectivity index (χ0) is 21.9. The Balaban J connectivity index is 1.65. The first kappa shape index (κ1) is 19.8. The van der Waals surface area contributed by atoms with Crippen LogP contribution >= 0.6 is 0 Å². The second kappa shape index (κ2) is 8.55. The molecule has 0 aliphatic rings. The van der Waals surface area contributed by atoms with Crippen LogP contribution in [0.3, 0.4) is 0 Å². The molecule has 1 N–H and O–H groups in total. The van der Waals surface area contributed by atoms with Crippen LogP contribution in [0, 0.1) is 5.82 Å². The Labute approximate surface area is 185 Å². The van der Waals surface area contributed by atoms with Gasteiger partial charge in [-0.15, -0.1) is 0 Å². The van der Waals surface area contributed by atoms with E-state index in [1.54, 1.807) is 18.5 Å². The quantitative estimate of drug-likeness (QED) is 0.345. The van der Waals surface area contributed by atoms with Crippen molar-refractivity contribution in [2.24, 2.45) is 0 Å². The van der Waals surface area contributed by atoms with E-state index in [1.165, 1.54) is 12.1 Å². The standard InChI is InChI=1S/C27H21FN4/c1-18(19-7-3-2-4-8-19)30-27-24-16-21(20-9-5-11-23(28)15-20)12-13-25(24)31-26(32-27)22-10-6-14-29-17-22/h2-18H,1H3,(H,30,31,32). The van der Waals surface area contributed by atoms with Gasteiger partial charge < -0.3 is 5.32 Å². The molecule has 0 bridgehead atoms. The average molecular weight is 420 g/mol. The first-order valence-corrected chi connectivity index (χ1v) is 10.5. The number of halogens is 1. The fourth-order valence-electron chi connectivity index (χ4n) is 3.74. The molecule has 0 amide bonds. The second-order valence-electron chi connectivity index (χ2n) is 7.66. The van der Waals surface area contributed by atoms with E-state index in [0.29, 0.717) is 5.82 Å². The summed E-state index contributed by atoms with van der Waals surface area (Å²) in [6, 6.07) is 26.6. The molecule has 0 saturated heterocycles. The van der Waals surface area contributed by atoms with Gasteiger partial charge >= 0.3 is 0 Å². The van der Waals surface area contributed by atoms with E-state index in [1.807, 2.05) is 54.6 Å². The van der Waals surface area contributed by atoms with Crippen molar-refractivity contribution in [3.05, 3.63) is 109 Å². The van der Waals surface area contributed by atoms with E-state index < -0.39 is 0 Å². The lowest BCUT2D eigenvalue weighted by atomic mass is 10.0. The molecule has 5 aromatic rings. The molecule has 0 radical (unpaired) electrons. The summed E-state index contributed by atoms with van der Waals surface area (Å²) < 4.78 is 13.8. The molecule has 5 heteroatoms. The lowest BCUT2D eigenvalue weighted by Crippen LogP contribution is -2.09. The van der Waals surface area contributed by atoms with Crippen molar-refractivity contribution in [1.29, 1.82) is 0 Å². The molecule has 0 spiro atoms. The predicted octanol–water partition coefficient (Wildman–Crippen LogP) is 6.67. The van der Waals surface area contributed by atoms with Crippen LogP contribution in [-0.4, -0.2) is 15.0 Å². The molecule has 0 aliphatic heterocycles. The van der Waals surface area contributed by atoms with Crippen LogP contribution < -0.4 is 5.32 Å². The first-order valence-electron chi connectivity index (χ1n) is 10.5. The van der Waals surface area contributed by atoms with Gasteiger partial charge in [-0.3, -0.25) is 4.98 Å². The molecule has 4 nitrogen and oxygen atoms in total. The number of fused-ring (bicyclic) bond motifs is 1. The minimum Gasteiger partial charge on any atom is -0.363 e. The van der Waals surface area contributed by atoms with Crippen LogP contribution in [0.1, 0.15) is 18.5 Å². The molecule has 0 aliphatic carbocycles. The summed E-state index contributed by atoms with van der Waals surface area (Å²) in [4.78, 5) is 13.8. The van der Waals surface area contributed by atoms with Gasteiger partial charge in [0.05, 0.1) is 5.52 Å². The average Bonchev–Trinajstić information content (AvgIpc) is 2.85. The van der Waals surface area contributed by atoms with Crippen LogP contribution in [0.15, 0.2) is 97.3 Å². The van der Waals surface area contributed by atoms with Crippen LogP contribution in [0.25, 0.3) is 33.4 Å². The zero-order valence-corrected chi connectivity index (χ0v) is 17.5. The number of pyridine rings is 1. The van der Waals surface area contributed by atoms with Crippen LogP contribution in [0.2, 0.25) is 0 Å². The summed E-state index contributed by atoms with van der Waals surface area (Å²) in [6.07, 6.45) is 3.49. The van der Waals surface area contributed by atoms with Crippen molar-refractivity contribution in [2.45, 2.75) is 13.0 Å². The smallest absolute Gasteiger partial charge is 0.163 e. The highest BCUT2D eigenvalue weighted by molar-refractivity contribution is 5.94. The van der Waals surface area contributed by atoms with Gasteiger partial charge in [0.25, 0.3) is 0 Å². The highest BCUT2D eigenvalue weighted by Crippen LogP contribution is 2.31. The van der Waals surface area contributed by atoms with Gasteiger partial charge in [0.2, 0.25) is 0 Å². The fraction of sp³-hybridized carbons (Fsp3) is 0.0741. The lowest BCUT2D eigenvalue weighted by Gasteiger charge is -2.18. The Morgan fingerprint density at radius 3 is 2.38 bits per heavy atom. The summed E-state index contributed by atoms with van der Waals surface area (Å²) in [5.41, 5.74) is 4.53. The third-order valence-electron chi connectivity index (χ3n) is 5.43. The number of nitrogens with one attached hydrogen (secondary N) is 1. The molecule has 1 unspecified atom stereocenters. The Morgan fingerprint density at radius 1 is 0.781 bits per heavy atom. The monoisotopic (exact) mass is 420 g/mol. The largest absolute Gasteiger partial charge is 0.363 e. The molecule has 156 valence electrons. The minimum absolute atomic E-state index is 0.0360. The van der Waals surface area contributed by atoms with E-state index in [0.717, 1.165) is 39.0 Å². The second-order valence-corrected chi connectivity index (χ2v) is 7.66. The molecular weight excluding hydrogens is 399 g/mol. The van der Waals surface area contributed by atoms with E-state index in [2.05, 4.69) is 29.4 Å². The van der Waals surface area contributed by atoms with Gasteiger partial charge in [0.1, 0.15) is 11.6 Å². The molecule has 3 aromatic carbocycles. The third kappa shape index (κ3) is 4.05. The Hall–Kier alpha value is -4.12. The number of benzene rings is 3. The SMILES string of the molecule is CC(Nc1nc(-c2cccnc2)nc2ccc(-c3cccc(F)c3)cc12)c1ccccc1. The molecular formula is C27H21FN4. The van der Waals surface area contributed by atoms with Gasteiger partial charge in [-0.05, 0) is 60.0 Å². The van der Waals surface area contributed by atoms with Crippen molar-refractivity contribution in [2.75, 3.05) is 5.32 Å². The summed E-state index contributed by atoms with van der Waals surface area (Å²) in [5, 5.41) is 4.43. The van der Waals surface area contributed by atoms with Crippen molar-refractivity contribution in [1.82, 2.24) is 15.0 Å². The molecule has 5 rings (SSSR count). The maximum absolute atomic E-state index is 13.8. The number of hydrogen-bond donors (Lipinski definition) is 1. The molecule has 32 heavy (non-hydrogen) atoms. The zero-order valence-electron chi connectivity index (χ0n) is 17.5. The molecule has 0 fully saturated rings. The number of anilines is 1. The number of aromatic nitrogens is 3. The predicted molar refractivity (Wildman–Crippen MR) is 127 cm³/mol. The van der Waals surface area contributed by atoms with Gasteiger partial charge in [-0.25, -0.2) is 14.4 Å². The van der Waals surface area contributed by atoms with Crippen molar-refractivity contribution >= 4 is 16.7 Å².